The number of carbonyl (C=O) groups excluding carboxylic acids is 1. The van der Waals surface area contributed by atoms with Crippen LogP contribution in [0.2, 0.25) is 0 Å². The minimum absolute atomic E-state index is 0.0103. The Morgan fingerprint density at radius 2 is 1.69 bits per heavy atom. The summed E-state index contributed by atoms with van der Waals surface area (Å²) < 4.78 is 18.6. The van der Waals surface area contributed by atoms with Gasteiger partial charge in [0.05, 0.1) is 32.1 Å². The molecule has 1 amide bonds. The zero-order chi connectivity index (χ0) is 31.3. The molecule has 0 aliphatic carbocycles. The summed E-state index contributed by atoms with van der Waals surface area (Å²) in [6, 6.07) is 12.9. The maximum atomic E-state index is 13.6. The highest BCUT2D eigenvalue weighted by atomic mass is 32.2. The number of nitrogens with zero attached hydrogens (tertiary/aromatic N) is 5. The second-order valence-corrected chi connectivity index (χ2v) is 11.9. The first-order chi connectivity index (χ1) is 21.9. The van der Waals surface area contributed by atoms with Crippen LogP contribution in [-0.2, 0) is 6.54 Å². The zero-order valence-electron chi connectivity index (χ0n) is 25.1. The quantitative estimate of drug-likeness (QED) is 0.216. The average Bonchev–Trinajstić information content (AvgIpc) is 3.06. The number of hydrogen-bond donors (Lipinski definition) is 1. The van der Waals surface area contributed by atoms with Crippen LogP contribution in [0, 0.1) is 12.8 Å². The maximum Gasteiger partial charge on any atom is 0.282 e. The molecule has 1 N–H and O–H groups in total. The van der Waals surface area contributed by atoms with Gasteiger partial charge in [0.1, 0.15) is 5.75 Å². The molecule has 0 bridgehead atoms. The Morgan fingerprint density at radius 3 is 2.40 bits per heavy atom. The molecule has 1 aliphatic rings. The van der Waals surface area contributed by atoms with Crippen LogP contribution in [0.1, 0.15) is 28.9 Å². The lowest BCUT2D eigenvalue weighted by Crippen LogP contribution is -2.29. The Labute approximate surface area is 264 Å². The number of nitrogens with one attached hydrogen (secondary N) is 1. The van der Waals surface area contributed by atoms with Gasteiger partial charge in [-0.2, -0.15) is 16.9 Å². The number of carbonyl (C=O) groups is 1. The van der Waals surface area contributed by atoms with E-state index in [0.717, 1.165) is 35.5 Å². The minimum atomic E-state index is -0.684. The fourth-order valence-corrected chi connectivity index (χ4v) is 6.37. The van der Waals surface area contributed by atoms with E-state index in [1.807, 2.05) is 43.0 Å². The van der Waals surface area contributed by atoms with Crippen molar-refractivity contribution in [2.24, 2.45) is 5.92 Å². The molecule has 0 atom stereocenters. The van der Waals surface area contributed by atoms with Gasteiger partial charge in [-0.05, 0) is 54.9 Å². The highest BCUT2D eigenvalue weighted by Crippen LogP contribution is 2.36. The van der Waals surface area contributed by atoms with Gasteiger partial charge in [-0.25, -0.2) is 9.97 Å². The normalized spacial score (nSPS) is 13.4. The van der Waals surface area contributed by atoms with Gasteiger partial charge in [0, 0.05) is 36.0 Å². The summed E-state index contributed by atoms with van der Waals surface area (Å²) >= 11 is 1.95. The Kier molecular flexibility index (Phi) is 8.92. The smallest absolute Gasteiger partial charge is 0.282 e. The number of rotatable bonds is 9. The number of aryl methyl sites for hydroxylation is 1. The van der Waals surface area contributed by atoms with Crippen molar-refractivity contribution in [3.63, 3.8) is 0 Å². The second kappa shape index (κ2) is 13.3. The number of hydrogen-bond acceptors (Lipinski definition) is 10. The Balaban J connectivity index is 1.24. The lowest BCUT2D eigenvalue weighted by atomic mass is 10.0. The summed E-state index contributed by atoms with van der Waals surface area (Å²) in [4.78, 5) is 39.9. The highest BCUT2D eigenvalue weighted by Gasteiger charge is 2.21. The topological polar surface area (TPSA) is 130 Å². The number of pyridine rings is 1. The zero-order valence-corrected chi connectivity index (χ0v) is 26.0. The Hall–Kier alpha value is -4.97. The molecule has 45 heavy (non-hydrogen) atoms. The third-order valence-electron chi connectivity index (χ3n) is 7.62. The van der Waals surface area contributed by atoms with Crippen molar-refractivity contribution < 1.29 is 19.0 Å². The van der Waals surface area contributed by atoms with E-state index in [2.05, 4.69) is 25.4 Å². The Bertz CT molecular complexity index is 1890. The Morgan fingerprint density at radius 1 is 0.978 bits per heavy atom. The maximum absolute atomic E-state index is 13.6. The van der Waals surface area contributed by atoms with E-state index in [0.29, 0.717) is 51.9 Å². The van der Waals surface area contributed by atoms with Crippen molar-refractivity contribution in [2.75, 3.05) is 31.0 Å². The van der Waals surface area contributed by atoms with E-state index < -0.39 is 11.3 Å². The molecule has 4 heterocycles. The molecule has 12 heteroatoms. The monoisotopic (exact) mass is 624 g/mol. The highest BCUT2D eigenvalue weighted by molar-refractivity contribution is 7.99. The fraction of sp³-hybridized carbons (Fsp3) is 0.273. The summed E-state index contributed by atoms with van der Waals surface area (Å²) in [5.74, 6) is 3.89. The molecule has 6 rings (SSSR count). The van der Waals surface area contributed by atoms with Gasteiger partial charge >= 0.3 is 0 Å². The van der Waals surface area contributed by atoms with Crippen LogP contribution in [0.15, 0.2) is 72.0 Å². The molecule has 1 fully saturated rings. The van der Waals surface area contributed by atoms with Gasteiger partial charge < -0.3 is 14.2 Å². The number of aromatic nitrogens is 5. The van der Waals surface area contributed by atoms with E-state index in [9.17, 15) is 9.59 Å². The van der Waals surface area contributed by atoms with Crippen LogP contribution in [0.4, 0.5) is 5.95 Å². The first kappa shape index (κ1) is 30.1. The second-order valence-electron chi connectivity index (χ2n) is 10.7. The molecule has 5 aromatic rings. The van der Waals surface area contributed by atoms with E-state index in [4.69, 9.17) is 14.2 Å². The molecular weight excluding hydrogens is 592 g/mol. The van der Waals surface area contributed by atoms with Gasteiger partial charge in [-0.15, -0.1) is 0 Å². The summed E-state index contributed by atoms with van der Waals surface area (Å²) in [6.45, 7) is 2.61. The number of anilines is 1. The molecule has 2 aromatic carbocycles. The first-order valence-corrected chi connectivity index (χ1v) is 15.7. The summed E-state index contributed by atoms with van der Waals surface area (Å²) in [6.07, 6.45) is 8.38. The van der Waals surface area contributed by atoms with Crippen molar-refractivity contribution in [3.05, 3.63) is 88.7 Å². The van der Waals surface area contributed by atoms with Crippen molar-refractivity contribution in [2.45, 2.75) is 26.3 Å². The largest absolute Gasteiger partial charge is 0.493 e. The van der Waals surface area contributed by atoms with Gasteiger partial charge in [-0.3, -0.25) is 24.6 Å². The SMILES string of the molecule is COc1cc2nccc(Oc3cnc(NC(=O)c4nn(CC5CCSCC5)cc(-c5ccc(C)cc5)c4=O)nc3)c2cc1OC. The standard InChI is InChI=1S/C33H32N6O5S/c1-20-4-6-22(7-5-20)25-19-39(18-21-9-12-45-13-10-21)38-30(31(25)40)32(41)37-33-35-16-23(17-36-33)44-27-8-11-34-26-15-29(43-3)28(42-2)14-24(26)27/h4-8,11,14-17,19,21H,9-10,12-13,18H2,1-3H3,(H,35,36,37,41). The molecule has 1 saturated heterocycles. The molecule has 0 radical (unpaired) electrons. The van der Waals surface area contributed by atoms with E-state index >= 15 is 0 Å². The summed E-state index contributed by atoms with van der Waals surface area (Å²) in [5.41, 5.74) is 2.21. The predicted octanol–water partition coefficient (Wildman–Crippen LogP) is 5.76. The number of ether oxygens (including phenoxy) is 3. The molecule has 0 unspecified atom stereocenters. The van der Waals surface area contributed by atoms with Gasteiger partial charge in [0.2, 0.25) is 11.4 Å². The summed E-state index contributed by atoms with van der Waals surface area (Å²) in [5, 5.41) is 7.81. The van der Waals surface area contributed by atoms with Crippen molar-refractivity contribution in [1.29, 1.82) is 0 Å². The third-order valence-corrected chi connectivity index (χ3v) is 8.67. The van der Waals surface area contributed by atoms with E-state index in [1.54, 1.807) is 49.5 Å². The molecule has 0 saturated carbocycles. The number of amides is 1. The predicted molar refractivity (Wildman–Crippen MR) is 174 cm³/mol. The van der Waals surface area contributed by atoms with Crippen LogP contribution in [0.25, 0.3) is 22.0 Å². The van der Waals surface area contributed by atoms with Crippen LogP contribution in [0.5, 0.6) is 23.0 Å². The van der Waals surface area contributed by atoms with Crippen LogP contribution < -0.4 is 25.0 Å². The van der Waals surface area contributed by atoms with Gasteiger partial charge in [0.15, 0.2) is 22.9 Å². The molecule has 230 valence electrons. The van der Waals surface area contributed by atoms with Crippen LogP contribution >= 0.6 is 11.8 Å². The van der Waals surface area contributed by atoms with Crippen molar-refractivity contribution in [3.8, 4) is 34.1 Å². The minimum Gasteiger partial charge on any atom is -0.493 e. The number of thioether (sulfide) groups is 1. The number of methoxy groups -OCH3 is 2. The fourth-order valence-electron chi connectivity index (χ4n) is 5.17. The molecular formula is C33H32N6O5S. The van der Waals surface area contributed by atoms with E-state index in [-0.39, 0.29) is 11.6 Å². The van der Waals surface area contributed by atoms with Crippen molar-refractivity contribution in [1.82, 2.24) is 24.7 Å². The molecule has 3 aromatic heterocycles. The van der Waals surface area contributed by atoms with Gasteiger partial charge in [0.25, 0.3) is 5.91 Å². The number of fused-ring (bicyclic) bond motifs is 1. The first-order valence-electron chi connectivity index (χ1n) is 14.5. The van der Waals surface area contributed by atoms with E-state index in [1.165, 1.54) is 12.4 Å². The summed E-state index contributed by atoms with van der Waals surface area (Å²) in [7, 11) is 3.12. The van der Waals surface area contributed by atoms with Crippen LogP contribution in [-0.4, -0.2) is 56.4 Å². The van der Waals surface area contributed by atoms with Crippen molar-refractivity contribution >= 4 is 34.5 Å². The average molecular weight is 625 g/mol. The lowest BCUT2D eigenvalue weighted by Gasteiger charge is -2.22. The molecule has 1 aliphatic heterocycles. The number of benzene rings is 2. The molecule has 11 nitrogen and oxygen atoms in total. The molecule has 0 spiro atoms. The third kappa shape index (κ3) is 6.75. The van der Waals surface area contributed by atoms with Crippen LogP contribution in [0.3, 0.4) is 0 Å². The lowest BCUT2D eigenvalue weighted by molar-refractivity contribution is 0.101. The van der Waals surface area contributed by atoms with Gasteiger partial charge in [-0.1, -0.05) is 29.8 Å².